The quantitative estimate of drug-likeness (QED) is 0.683. The minimum Gasteiger partial charge on any atom is -0.380 e. The predicted octanol–water partition coefficient (Wildman–Crippen LogP) is 2.84. The predicted molar refractivity (Wildman–Crippen MR) is 85.2 cm³/mol. The van der Waals surface area contributed by atoms with Crippen molar-refractivity contribution < 1.29 is 4.74 Å². The minimum atomic E-state index is 0.776. The molecule has 0 aliphatic heterocycles. The first-order chi connectivity index (χ1) is 10.4. The molecule has 1 aromatic carbocycles. The van der Waals surface area contributed by atoms with Crippen molar-refractivity contribution in [3.63, 3.8) is 0 Å². The lowest BCUT2D eigenvalue weighted by atomic mass is 10.2. The second kappa shape index (κ2) is 9.32. The number of hydrogen-bond acceptors (Lipinski definition) is 3. The van der Waals surface area contributed by atoms with E-state index in [1.807, 2.05) is 16.9 Å². The molecule has 0 fully saturated rings. The molecule has 0 bridgehead atoms. The first-order valence-corrected chi connectivity index (χ1v) is 7.72. The van der Waals surface area contributed by atoms with Crippen molar-refractivity contribution in [2.45, 2.75) is 32.9 Å². The molecule has 114 valence electrons. The molecule has 0 amide bonds. The number of nitrogens with zero attached hydrogens (tertiary/aromatic N) is 2. The van der Waals surface area contributed by atoms with Gasteiger partial charge in [-0.15, -0.1) is 0 Å². The summed E-state index contributed by atoms with van der Waals surface area (Å²) in [4.78, 5) is 0. The number of nitrogens with one attached hydrogen (secondary N) is 1. The second-order valence-corrected chi connectivity index (χ2v) is 5.17. The molecule has 2 aromatic rings. The zero-order chi connectivity index (χ0) is 14.8. The molecule has 0 spiro atoms. The molecule has 0 radical (unpaired) electrons. The summed E-state index contributed by atoms with van der Waals surface area (Å²) in [5.41, 5.74) is 2.48. The van der Waals surface area contributed by atoms with Gasteiger partial charge in [-0.3, -0.25) is 4.68 Å². The Hall–Kier alpha value is -1.65. The van der Waals surface area contributed by atoms with Crippen LogP contribution in [0.2, 0.25) is 0 Å². The van der Waals surface area contributed by atoms with E-state index in [-0.39, 0.29) is 0 Å². The molecule has 21 heavy (non-hydrogen) atoms. The number of unbranched alkanes of at least 4 members (excludes halogenated alkanes) is 1. The third kappa shape index (κ3) is 6.10. The van der Waals surface area contributed by atoms with Crippen LogP contribution in [0.15, 0.2) is 42.7 Å². The molecule has 0 aliphatic rings. The lowest BCUT2D eigenvalue weighted by Crippen LogP contribution is -2.19. The number of ether oxygens (including phenoxy) is 1. The molecule has 0 saturated heterocycles. The van der Waals surface area contributed by atoms with Gasteiger partial charge in [-0.2, -0.15) is 5.10 Å². The Morgan fingerprint density at radius 1 is 1.14 bits per heavy atom. The first kappa shape index (κ1) is 15.7. The molecular formula is C17H25N3O. The van der Waals surface area contributed by atoms with Crippen LogP contribution in [-0.4, -0.2) is 29.5 Å². The molecule has 1 N–H and O–H groups in total. The summed E-state index contributed by atoms with van der Waals surface area (Å²) in [7, 11) is 0. The maximum Gasteiger partial charge on any atom is 0.0659 e. The fraction of sp³-hybridized carbons (Fsp3) is 0.471. The molecule has 1 aromatic heterocycles. The normalized spacial score (nSPS) is 10.9. The number of benzene rings is 1. The third-order valence-electron chi connectivity index (χ3n) is 3.27. The van der Waals surface area contributed by atoms with Crippen molar-refractivity contribution in [1.82, 2.24) is 15.1 Å². The molecular weight excluding hydrogens is 262 g/mol. The largest absolute Gasteiger partial charge is 0.380 e. The van der Waals surface area contributed by atoms with Crippen LogP contribution in [0.3, 0.4) is 0 Å². The first-order valence-electron chi connectivity index (χ1n) is 7.72. The van der Waals surface area contributed by atoms with Crippen LogP contribution < -0.4 is 5.32 Å². The van der Waals surface area contributed by atoms with E-state index < -0.39 is 0 Å². The van der Waals surface area contributed by atoms with Gasteiger partial charge in [0.2, 0.25) is 0 Å². The Morgan fingerprint density at radius 2 is 2.00 bits per heavy atom. The fourth-order valence-electron chi connectivity index (χ4n) is 2.08. The Morgan fingerprint density at radius 3 is 2.81 bits per heavy atom. The van der Waals surface area contributed by atoms with Gasteiger partial charge in [-0.05, 0) is 12.0 Å². The van der Waals surface area contributed by atoms with Crippen LogP contribution in [0.4, 0.5) is 0 Å². The highest BCUT2D eigenvalue weighted by molar-refractivity contribution is 5.15. The zero-order valence-electron chi connectivity index (χ0n) is 12.8. The van der Waals surface area contributed by atoms with Crippen molar-refractivity contribution in [3.05, 3.63) is 53.9 Å². The number of aromatic nitrogens is 2. The third-order valence-corrected chi connectivity index (χ3v) is 3.27. The Labute approximate surface area is 127 Å². The molecule has 0 atom stereocenters. The van der Waals surface area contributed by atoms with Crippen molar-refractivity contribution >= 4 is 0 Å². The molecule has 4 heteroatoms. The Kier molecular flexibility index (Phi) is 6.98. The van der Waals surface area contributed by atoms with Crippen molar-refractivity contribution in [2.75, 3.05) is 19.8 Å². The highest BCUT2D eigenvalue weighted by Gasteiger charge is 1.99. The molecule has 2 rings (SSSR count). The van der Waals surface area contributed by atoms with Gasteiger partial charge >= 0.3 is 0 Å². The summed E-state index contributed by atoms with van der Waals surface area (Å²) in [5.74, 6) is 0. The summed E-state index contributed by atoms with van der Waals surface area (Å²) in [6.45, 7) is 6.36. The topological polar surface area (TPSA) is 39.1 Å². The van der Waals surface area contributed by atoms with E-state index in [9.17, 15) is 0 Å². The average Bonchev–Trinajstić information content (AvgIpc) is 2.95. The highest BCUT2D eigenvalue weighted by atomic mass is 16.5. The monoisotopic (exact) mass is 287 g/mol. The summed E-state index contributed by atoms with van der Waals surface area (Å²) in [6.07, 6.45) is 6.35. The van der Waals surface area contributed by atoms with Gasteiger partial charge in [-0.25, -0.2) is 0 Å². The van der Waals surface area contributed by atoms with Gasteiger partial charge in [0.1, 0.15) is 0 Å². The van der Waals surface area contributed by atoms with Crippen LogP contribution in [0, 0.1) is 0 Å². The Bertz CT molecular complexity index is 496. The van der Waals surface area contributed by atoms with Crippen molar-refractivity contribution in [2.24, 2.45) is 0 Å². The second-order valence-electron chi connectivity index (χ2n) is 5.17. The fourth-order valence-corrected chi connectivity index (χ4v) is 2.08. The molecule has 0 aliphatic carbocycles. The summed E-state index contributed by atoms with van der Waals surface area (Å²) in [5, 5.41) is 7.77. The van der Waals surface area contributed by atoms with E-state index in [1.165, 1.54) is 17.5 Å². The van der Waals surface area contributed by atoms with Crippen LogP contribution in [-0.2, 0) is 17.8 Å². The average molecular weight is 287 g/mol. The van der Waals surface area contributed by atoms with Gasteiger partial charge in [0.15, 0.2) is 0 Å². The number of hydrogen-bond donors (Lipinski definition) is 1. The SMILES string of the molecule is CCCCOCCNCc1cnn(Cc2ccccc2)c1. The van der Waals surface area contributed by atoms with Gasteiger partial charge in [0, 0.05) is 31.5 Å². The maximum atomic E-state index is 5.51. The summed E-state index contributed by atoms with van der Waals surface area (Å²) < 4.78 is 7.49. The summed E-state index contributed by atoms with van der Waals surface area (Å²) >= 11 is 0. The van der Waals surface area contributed by atoms with E-state index in [2.05, 4.69) is 47.8 Å². The number of rotatable bonds is 10. The van der Waals surface area contributed by atoms with Crippen LogP contribution in [0.25, 0.3) is 0 Å². The van der Waals surface area contributed by atoms with Gasteiger partial charge in [-0.1, -0.05) is 43.7 Å². The van der Waals surface area contributed by atoms with Gasteiger partial charge in [0.25, 0.3) is 0 Å². The molecule has 4 nitrogen and oxygen atoms in total. The zero-order valence-corrected chi connectivity index (χ0v) is 12.8. The van der Waals surface area contributed by atoms with Crippen LogP contribution >= 0.6 is 0 Å². The minimum absolute atomic E-state index is 0.776. The van der Waals surface area contributed by atoms with Gasteiger partial charge < -0.3 is 10.1 Å². The smallest absolute Gasteiger partial charge is 0.0659 e. The highest BCUT2D eigenvalue weighted by Crippen LogP contribution is 2.03. The lowest BCUT2D eigenvalue weighted by Gasteiger charge is -2.04. The van der Waals surface area contributed by atoms with E-state index >= 15 is 0 Å². The standard InChI is InChI=1S/C17H25N3O/c1-2-3-10-21-11-9-18-12-17-13-19-20(15-17)14-16-7-5-4-6-8-16/h4-8,13,15,18H,2-3,9-12,14H2,1H3. The summed E-state index contributed by atoms with van der Waals surface area (Å²) in [6, 6.07) is 10.4. The van der Waals surface area contributed by atoms with Crippen molar-refractivity contribution in [1.29, 1.82) is 0 Å². The van der Waals surface area contributed by atoms with Crippen molar-refractivity contribution in [3.8, 4) is 0 Å². The van der Waals surface area contributed by atoms with Crippen LogP contribution in [0.1, 0.15) is 30.9 Å². The molecule has 0 saturated carbocycles. The Balaban J connectivity index is 1.64. The maximum absolute atomic E-state index is 5.51. The molecule has 1 heterocycles. The van der Waals surface area contributed by atoms with E-state index in [1.54, 1.807) is 0 Å². The lowest BCUT2D eigenvalue weighted by molar-refractivity contribution is 0.133. The van der Waals surface area contributed by atoms with E-state index in [0.29, 0.717) is 0 Å². The molecule has 0 unspecified atom stereocenters. The van der Waals surface area contributed by atoms with E-state index in [4.69, 9.17) is 4.74 Å². The van der Waals surface area contributed by atoms with Crippen LogP contribution in [0.5, 0.6) is 0 Å². The van der Waals surface area contributed by atoms with Gasteiger partial charge in [0.05, 0.1) is 19.3 Å². The van der Waals surface area contributed by atoms with E-state index in [0.717, 1.165) is 39.3 Å².